The highest BCUT2D eigenvalue weighted by molar-refractivity contribution is 7.89. The number of pyridine rings is 1. The van der Waals surface area contributed by atoms with Gasteiger partial charge in [-0.2, -0.15) is 0 Å². The summed E-state index contributed by atoms with van der Waals surface area (Å²) in [6.45, 7) is 5.90. The molecular formula is C28H36N4O4S. The number of aromatic nitrogens is 1. The van der Waals surface area contributed by atoms with E-state index in [2.05, 4.69) is 23.7 Å². The van der Waals surface area contributed by atoms with Crippen molar-refractivity contribution in [2.24, 2.45) is 5.14 Å². The van der Waals surface area contributed by atoms with Gasteiger partial charge in [0.1, 0.15) is 10.6 Å². The number of carbonyl (C=O) groups excluding carboxylic acids is 1. The molecule has 0 aliphatic heterocycles. The molecule has 1 heterocycles. The summed E-state index contributed by atoms with van der Waals surface area (Å²) < 4.78 is 31.8. The fraction of sp³-hybridized carbons (Fsp3) is 0.357. The average Bonchev–Trinajstić information content (AvgIpc) is 2.89. The molecular weight excluding hydrogens is 488 g/mol. The normalized spacial score (nSPS) is 11.2. The molecule has 0 fully saturated rings. The van der Waals surface area contributed by atoms with Crippen LogP contribution in [0.2, 0.25) is 0 Å². The van der Waals surface area contributed by atoms with Crippen molar-refractivity contribution in [3.63, 3.8) is 0 Å². The van der Waals surface area contributed by atoms with Crippen LogP contribution in [0.4, 0.5) is 5.69 Å². The Bertz CT molecular complexity index is 1260. The van der Waals surface area contributed by atoms with E-state index in [1.807, 2.05) is 24.3 Å². The topological polar surface area (TPSA) is 106 Å². The standard InChI is InChI=1S/C28H36N4O4S/c1-4-6-16-32(17-7-5-2)25-18-23(28(33)31(3)21-22-12-11-15-30-20-22)19-26(37(29,34)35)27(25)36-24-13-9-8-10-14-24/h8-15,18-20H,4-7,16-17,21H2,1-3H3,(H2,29,34,35). The monoisotopic (exact) mass is 524 g/mol. The first-order chi connectivity index (χ1) is 17.7. The van der Waals surface area contributed by atoms with Gasteiger partial charge in [0, 0.05) is 44.6 Å². The van der Waals surface area contributed by atoms with Gasteiger partial charge in [-0.1, -0.05) is 51.0 Å². The van der Waals surface area contributed by atoms with Crippen LogP contribution in [-0.4, -0.2) is 44.3 Å². The third-order valence-corrected chi connectivity index (χ3v) is 6.86. The number of carbonyl (C=O) groups is 1. The second-order valence-electron chi connectivity index (χ2n) is 9.00. The Hall–Kier alpha value is -3.43. The molecule has 0 aliphatic carbocycles. The molecule has 1 amide bonds. The van der Waals surface area contributed by atoms with E-state index in [1.165, 1.54) is 11.0 Å². The molecule has 0 saturated heterocycles. The van der Waals surface area contributed by atoms with Gasteiger partial charge >= 0.3 is 0 Å². The van der Waals surface area contributed by atoms with Crippen LogP contribution < -0.4 is 14.8 Å². The van der Waals surface area contributed by atoms with Gasteiger partial charge in [-0.15, -0.1) is 0 Å². The van der Waals surface area contributed by atoms with E-state index in [4.69, 9.17) is 9.88 Å². The predicted molar refractivity (Wildman–Crippen MR) is 146 cm³/mol. The molecule has 0 saturated carbocycles. The number of hydrogen-bond donors (Lipinski definition) is 1. The van der Waals surface area contributed by atoms with Crippen LogP contribution >= 0.6 is 0 Å². The van der Waals surface area contributed by atoms with Gasteiger partial charge in [0.2, 0.25) is 10.0 Å². The maximum Gasteiger partial charge on any atom is 0.254 e. The quantitative estimate of drug-likeness (QED) is 0.329. The van der Waals surface area contributed by atoms with Gasteiger partial charge < -0.3 is 14.5 Å². The smallest absolute Gasteiger partial charge is 0.254 e. The summed E-state index contributed by atoms with van der Waals surface area (Å²) in [7, 11) is -2.55. The fourth-order valence-electron chi connectivity index (χ4n) is 3.97. The number of nitrogens with zero attached hydrogens (tertiary/aromatic N) is 3. The van der Waals surface area contributed by atoms with E-state index in [-0.39, 0.29) is 22.1 Å². The van der Waals surface area contributed by atoms with Crippen molar-refractivity contribution >= 4 is 21.6 Å². The zero-order chi connectivity index (χ0) is 26.8. The average molecular weight is 525 g/mol. The summed E-state index contributed by atoms with van der Waals surface area (Å²) in [5, 5.41) is 5.69. The Morgan fingerprint density at radius 2 is 1.68 bits per heavy atom. The minimum absolute atomic E-state index is 0.132. The molecule has 8 nitrogen and oxygen atoms in total. The summed E-state index contributed by atoms with van der Waals surface area (Å²) in [5.74, 6) is 0.284. The number of para-hydroxylation sites is 1. The van der Waals surface area contributed by atoms with Crippen molar-refractivity contribution < 1.29 is 17.9 Å². The second-order valence-corrected chi connectivity index (χ2v) is 10.5. The number of anilines is 1. The zero-order valence-corrected chi connectivity index (χ0v) is 22.6. The first-order valence-corrected chi connectivity index (χ1v) is 14.1. The molecule has 2 N–H and O–H groups in total. The lowest BCUT2D eigenvalue weighted by Gasteiger charge is -2.29. The van der Waals surface area contributed by atoms with Crippen LogP contribution in [-0.2, 0) is 16.6 Å². The summed E-state index contributed by atoms with van der Waals surface area (Å²) >= 11 is 0. The Morgan fingerprint density at radius 3 is 2.24 bits per heavy atom. The maximum atomic E-state index is 13.5. The van der Waals surface area contributed by atoms with Gasteiger partial charge in [-0.05, 0) is 48.7 Å². The van der Waals surface area contributed by atoms with Gasteiger partial charge in [0.05, 0.1) is 5.69 Å². The van der Waals surface area contributed by atoms with E-state index in [9.17, 15) is 13.2 Å². The number of rotatable bonds is 13. The number of sulfonamides is 1. The Balaban J connectivity index is 2.15. The third kappa shape index (κ3) is 7.77. The number of hydrogen-bond acceptors (Lipinski definition) is 6. The minimum Gasteiger partial charge on any atom is -0.454 e. The molecule has 198 valence electrons. The van der Waals surface area contributed by atoms with Gasteiger partial charge in [-0.25, -0.2) is 13.6 Å². The maximum absolute atomic E-state index is 13.5. The Kier molecular flexibility index (Phi) is 10.0. The predicted octanol–water partition coefficient (Wildman–Crippen LogP) is 5.20. The van der Waals surface area contributed by atoms with Gasteiger partial charge in [-0.3, -0.25) is 9.78 Å². The SMILES string of the molecule is CCCCN(CCCC)c1cc(C(=O)N(C)Cc2cccnc2)cc(S(N)(=O)=O)c1Oc1ccccc1. The lowest BCUT2D eigenvalue weighted by atomic mass is 10.1. The van der Waals surface area contributed by atoms with Crippen LogP contribution in [0.3, 0.4) is 0 Å². The molecule has 0 bridgehead atoms. The van der Waals surface area contributed by atoms with E-state index < -0.39 is 10.0 Å². The second kappa shape index (κ2) is 13.2. The van der Waals surface area contributed by atoms with Crippen LogP contribution in [0.25, 0.3) is 0 Å². The highest BCUT2D eigenvalue weighted by atomic mass is 32.2. The molecule has 0 unspecified atom stereocenters. The molecule has 0 atom stereocenters. The van der Waals surface area contributed by atoms with Crippen molar-refractivity contribution in [3.05, 3.63) is 78.1 Å². The number of ether oxygens (including phenoxy) is 1. The fourth-order valence-corrected chi connectivity index (χ4v) is 4.67. The lowest BCUT2D eigenvalue weighted by Crippen LogP contribution is -2.29. The number of benzene rings is 2. The van der Waals surface area contributed by atoms with Crippen LogP contribution in [0, 0.1) is 0 Å². The highest BCUT2D eigenvalue weighted by Gasteiger charge is 2.27. The first-order valence-electron chi connectivity index (χ1n) is 12.6. The van der Waals surface area contributed by atoms with Crippen LogP contribution in [0.15, 0.2) is 71.9 Å². The summed E-state index contributed by atoms with van der Waals surface area (Å²) in [6.07, 6.45) is 7.09. The van der Waals surface area contributed by atoms with Gasteiger partial charge in [0.25, 0.3) is 5.91 Å². The molecule has 0 radical (unpaired) electrons. The van der Waals surface area contributed by atoms with E-state index >= 15 is 0 Å². The Labute approximate surface area is 220 Å². The van der Waals surface area contributed by atoms with Crippen molar-refractivity contribution in [1.29, 1.82) is 0 Å². The van der Waals surface area contributed by atoms with Crippen molar-refractivity contribution in [3.8, 4) is 11.5 Å². The van der Waals surface area contributed by atoms with Crippen LogP contribution in [0.1, 0.15) is 55.5 Å². The summed E-state index contributed by atoms with van der Waals surface area (Å²) in [4.78, 5) is 21.0. The van der Waals surface area contributed by atoms with E-state index in [0.717, 1.165) is 31.2 Å². The lowest BCUT2D eigenvalue weighted by molar-refractivity contribution is 0.0784. The molecule has 1 aromatic heterocycles. The Morgan fingerprint density at radius 1 is 1.00 bits per heavy atom. The molecule has 3 rings (SSSR count). The summed E-state index contributed by atoms with van der Waals surface area (Å²) in [6, 6.07) is 15.7. The first kappa shape index (κ1) is 28.1. The van der Waals surface area contributed by atoms with Crippen LogP contribution in [0.5, 0.6) is 11.5 Å². The molecule has 0 aliphatic rings. The van der Waals surface area contributed by atoms with Gasteiger partial charge in [0.15, 0.2) is 5.75 Å². The third-order valence-electron chi connectivity index (χ3n) is 5.94. The van der Waals surface area contributed by atoms with E-state index in [0.29, 0.717) is 31.1 Å². The number of nitrogens with two attached hydrogens (primary N) is 1. The molecule has 2 aromatic carbocycles. The van der Waals surface area contributed by atoms with Crippen molar-refractivity contribution in [2.45, 2.75) is 51.0 Å². The zero-order valence-electron chi connectivity index (χ0n) is 21.8. The molecule has 3 aromatic rings. The van der Waals surface area contributed by atoms with E-state index in [1.54, 1.807) is 43.7 Å². The van der Waals surface area contributed by atoms with Crippen molar-refractivity contribution in [2.75, 3.05) is 25.0 Å². The number of primary sulfonamides is 1. The highest BCUT2D eigenvalue weighted by Crippen LogP contribution is 2.40. The molecule has 0 spiro atoms. The largest absolute Gasteiger partial charge is 0.454 e. The molecule has 9 heteroatoms. The van der Waals surface area contributed by atoms with Crippen molar-refractivity contribution in [1.82, 2.24) is 9.88 Å². The number of amides is 1. The minimum atomic E-state index is -4.22. The molecule has 37 heavy (non-hydrogen) atoms. The number of unbranched alkanes of at least 4 members (excludes halogenated alkanes) is 2. The summed E-state index contributed by atoms with van der Waals surface area (Å²) in [5.41, 5.74) is 1.63.